The largest absolute Gasteiger partial charge is 0.462 e. The number of esters is 1. The normalized spacial score (nSPS) is 18.3. The highest BCUT2D eigenvalue weighted by Crippen LogP contribution is 2.58. The Bertz CT molecular complexity index is 1560. The molecule has 3 aromatic carbocycles. The van der Waals surface area contributed by atoms with Crippen LogP contribution >= 0.6 is 35.7 Å². The number of ether oxygens (including phenoxy) is 1. The Hall–Kier alpha value is -3.13. The van der Waals surface area contributed by atoms with Crippen LogP contribution in [0.25, 0.3) is 10.5 Å². The highest BCUT2D eigenvalue weighted by Gasteiger charge is 2.46. The molecule has 2 aliphatic heterocycles. The van der Waals surface area contributed by atoms with Gasteiger partial charge in [-0.05, 0) is 75.6 Å². The molecule has 1 amide bonds. The molecule has 0 fully saturated rings. The molecule has 0 saturated carbocycles. The van der Waals surface area contributed by atoms with E-state index in [0.29, 0.717) is 21.9 Å². The molecule has 0 unspecified atom stereocenters. The van der Waals surface area contributed by atoms with E-state index in [4.69, 9.17) is 17.0 Å². The molecule has 3 aromatic rings. The first-order chi connectivity index (χ1) is 18.6. The van der Waals surface area contributed by atoms with Crippen LogP contribution in [0.4, 0.5) is 5.69 Å². The Morgan fingerprint density at radius 1 is 0.923 bits per heavy atom. The zero-order valence-electron chi connectivity index (χ0n) is 22.5. The molecule has 0 bridgehead atoms. The van der Waals surface area contributed by atoms with Gasteiger partial charge in [-0.3, -0.25) is 9.69 Å². The summed E-state index contributed by atoms with van der Waals surface area (Å²) in [7, 11) is 0. The summed E-state index contributed by atoms with van der Waals surface area (Å²) < 4.78 is 6.37. The zero-order chi connectivity index (χ0) is 27.9. The molecule has 0 aromatic heterocycles. The number of hydrogen-bond donors (Lipinski definition) is 0. The van der Waals surface area contributed by atoms with E-state index in [-0.39, 0.29) is 11.9 Å². The maximum atomic E-state index is 14.0. The maximum Gasteiger partial charge on any atom is 0.346 e. The van der Waals surface area contributed by atoms with Crippen molar-refractivity contribution in [3.63, 3.8) is 0 Å². The van der Waals surface area contributed by atoms with Gasteiger partial charge >= 0.3 is 5.97 Å². The van der Waals surface area contributed by atoms with Gasteiger partial charge in [-0.25, -0.2) is 4.79 Å². The van der Waals surface area contributed by atoms with Gasteiger partial charge in [0.1, 0.15) is 4.91 Å². The van der Waals surface area contributed by atoms with Crippen LogP contribution in [0.15, 0.2) is 81.9 Å². The molecular formula is C32H29NO3S3. The number of anilines is 1. The lowest BCUT2D eigenvalue weighted by molar-refractivity contribution is -0.137. The maximum absolute atomic E-state index is 14.0. The number of carbonyl (C=O) groups excluding carboxylic acids is 2. The van der Waals surface area contributed by atoms with Gasteiger partial charge < -0.3 is 4.74 Å². The molecule has 7 heteroatoms. The van der Waals surface area contributed by atoms with Crippen LogP contribution in [0, 0.1) is 13.8 Å². The highest BCUT2D eigenvalue weighted by atomic mass is 32.2. The summed E-state index contributed by atoms with van der Waals surface area (Å²) in [5.41, 5.74) is 5.59. The number of fused-ring (bicyclic) bond motifs is 1. The van der Waals surface area contributed by atoms with Gasteiger partial charge in [0.15, 0.2) is 0 Å². The number of benzene rings is 3. The zero-order valence-corrected chi connectivity index (χ0v) is 25.0. The van der Waals surface area contributed by atoms with E-state index >= 15 is 0 Å². The average molecular weight is 572 g/mol. The lowest BCUT2D eigenvalue weighted by Crippen LogP contribution is -2.56. The van der Waals surface area contributed by atoms with E-state index in [2.05, 4.69) is 26.0 Å². The molecule has 5 rings (SSSR count). The minimum Gasteiger partial charge on any atom is -0.462 e. The minimum absolute atomic E-state index is 0.0986. The van der Waals surface area contributed by atoms with Crippen LogP contribution < -0.4 is 4.90 Å². The van der Waals surface area contributed by atoms with Gasteiger partial charge in [-0.15, -0.1) is 0 Å². The quantitative estimate of drug-likeness (QED) is 0.179. The first-order valence-electron chi connectivity index (χ1n) is 12.8. The lowest BCUT2D eigenvalue weighted by Gasteiger charge is -2.45. The third-order valence-corrected chi connectivity index (χ3v) is 10.3. The smallest absolute Gasteiger partial charge is 0.346 e. The lowest BCUT2D eigenvalue weighted by atomic mass is 9.81. The fraction of sp³-hybridized carbons (Fsp3) is 0.219. The van der Waals surface area contributed by atoms with Crippen LogP contribution in [-0.2, 0) is 9.53 Å². The molecule has 0 radical (unpaired) electrons. The average Bonchev–Trinajstić information content (AvgIpc) is 3.37. The van der Waals surface area contributed by atoms with Gasteiger partial charge in [0.25, 0.3) is 5.91 Å². The van der Waals surface area contributed by atoms with Crippen LogP contribution in [0.3, 0.4) is 0 Å². The summed E-state index contributed by atoms with van der Waals surface area (Å²) >= 11 is 9.15. The SMILES string of the molecule is CCOC(=O)C1=C(c2ccccc2)S/C(=C2/C(=S)C(C)(C)N(C(=O)c3ccccc3)c3cc(C)c(C)cc32)S1. The molecule has 2 heterocycles. The molecule has 0 spiro atoms. The molecular weight excluding hydrogens is 543 g/mol. The van der Waals surface area contributed by atoms with Gasteiger partial charge in [0, 0.05) is 21.6 Å². The van der Waals surface area contributed by atoms with E-state index in [1.54, 1.807) is 11.8 Å². The molecule has 0 N–H and O–H groups in total. The fourth-order valence-electron chi connectivity index (χ4n) is 4.80. The second kappa shape index (κ2) is 10.8. The number of hydrogen-bond acceptors (Lipinski definition) is 6. The van der Waals surface area contributed by atoms with E-state index in [0.717, 1.165) is 42.7 Å². The number of thiocarbonyl (C=S) groups is 1. The summed E-state index contributed by atoms with van der Waals surface area (Å²) in [6.45, 7) is 10.2. The Labute approximate surface area is 243 Å². The molecule has 0 aliphatic carbocycles. The molecule has 39 heavy (non-hydrogen) atoms. The summed E-state index contributed by atoms with van der Waals surface area (Å²) in [5.74, 6) is -0.440. The number of thioether (sulfide) groups is 2. The van der Waals surface area contributed by atoms with E-state index in [1.165, 1.54) is 11.8 Å². The van der Waals surface area contributed by atoms with Gasteiger partial charge in [-0.2, -0.15) is 0 Å². The number of rotatable bonds is 4. The Morgan fingerprint density at radius 2 is 1.54 bits per heavy atom. The third kappa shape index (κ3) is 4.88. The van der Waals surface area contributed by atoms with E-state index < -0.39 is 5.54 Å². The second-order valence-electron chi connectivity index (χ2n) is 9.96. The van der Waals surface area contributed by atoms with E-state index in [1.807, 2.05) is 86.3 Å². The minimum atomic E-state index is -0.792. The predicted octanol–water partition coefficient (Wildman–Crippen LogP) is 8.19. The van der Waals surface area contributed by atoms with Crippen molar-refractivity contribution in [2.24, 2.45) is 0 Å². The number of carbonyl (C=O) groups is 2. The van der Waals surface area contributed by atoms with Gasteiger partial charge in [-0.1, -0.05) is 84.3 Å². The second-order valence-corrected chi connectivity index (χ2v) is 12.7. The molecule has 0 atom stereocenters. The Kier molecular flexibility index (Phi) is 7.60. The highest BCUT2D eigenvalue weighted by molar-refractivity contribution is 8.32. The molecule has 0 saturated heterocycles. The molecule has 2 aliphatic rings. The monoisotopic (exact) mass is 571 g/mol. The van der Waals surface area contributed by atoms with Crippen molar-refractivity contribution in [1.82, 2.24) is 0 Å². The number of nitrogens with zero attached hydrogens (tertiary/aromatic N) is 1. The van der Waals surface area contributed by atoms with Crippen molar-refractivity contribution in [2.75, 3.05) is 11.5 Å². The third-order valence-electron chi connectivity index (χ3n) is 6.98. The summed E-state index contributed by atoms with van der Waals surface area (Å²) in [5, 5.41) is 0. The topological polar surface area (TPSA) is 46.6 Å². The number of amides is 1. The van der Waals surface area contributed by atoms with Crippen LogP contribution in [0.5, 0.6) is 0 Å². The Balaban J connectivity index is 1.71. The van der Waals surface area contributed by atoms with Crippen molar-refractivity contribution in [3.8, 4) is 0 Å². The van der Waals surface area contributed by atoms with Crippen molar-refractivity contribution in [3.05, 3.63) is 110 Å². The molecule has 198 valence electrons. The van der Waals surface area contributed by atoms with Gasteiger partial charge in [0.05, 0.1) is 26.9 Å². The Morgan fingerprint density at radius 3 is 2.18 bits per heavy atom. The van der Waals surface area contributed by atoms with Gasteiger partial charge in [0.2, 0.25) is 0 Å². The first kappa shape index (κ1) is 27.4. The van der Waals surface area contributed by atoms with Crippen molar-refractivity contribution in [2.45, 2.75) is 40.2 Å². The summed E-state index contributed by atoms with van der Waals surface area (Å²) in [6, 6.07) is 23.4. The van der Waals surface area contributed by atoms with Crippen LogP contribution in [0.2, 0.25) is 0 Å². The molecule has 4 nitrogen and oxygen atoms in total. The van der Waals surface area contributed by atoms with Crippen LogP contribution in [0.1, 0.15) is 53.4 Å². The van der Waals surface area contributed by atoms with Crippen LogP contribution in [-0.4, -0.2) is 28.9 Å². The fourth-order valence-corrected chi connectivity index (χ4v) is 7.94. The van der Waals surface area contributed by atoms with E-state index in [9.17, 15) is 9.59 Å². The van der Waals surface area contributed by atoms with Crippen molar-refractivity contribution >= 4 is 68.6 Å². The van der Waals surface area contributed by atoms with Crippen molar-refractivity contribution in [1.29, 1.82) is 0 Å². The standard InChI is InChI=1S/C32H29NO3S3/c1-6-36-30(35)27-26(21-13-9-7-10-14-21)38-31(39-27)25-23-17-19(2)20(3)18-24(23)33(32(4,5)28(25)37)29(34)22-15-11-8-12-16-22/h7-18H,6H2,1-5H3/b31-25-. The summed E-state index contributed by atoms with van der Waals surface area (Å²) in [6.07, 6.45) is 0. The first-order valence-corrected chi connectivity index (χ1v) is 14.8. The summed E-state index contributed by atoms with van der Waals surface area (Å²) in [4.78, 5) is 31.0. The number of aryl methyl sites for hydroxylation is 2. The van der Waals surface area contributed by atoms with Crippen molar-refractivity contribution < 1.29 is 14.3 Å². The predicted molar refractivity (Wildman–Crippen MR) is 168 cm³/mol.